The van der Waals surface area contributed by atoms with Crippen LogP contribution >= 0.6 is 0 Å². The maximum atomic E-state index is 5.50. The van der Waals surface area contributed by atoms with E-state index in [1.807, 2.05) is 24.3 Å². The third-order valence-electron chi connectivity index (χ3n) is 13.9. The van der Waals surface area contributed by atoms with Crippen LogP contribution in [-0.2, 0) is 0 Å². The van der Waals surface area contributed by atoms with E-state index >= 15 is 0 Å². The predicted molar refractivity (Wildman–Crippen MR) is 291 cm³/mol. The molecule has 11 aromatic carbocycles. The van der Waals surface area contributed by atoms with Gasteiger partial charge in [0, 0.05) is 43.7 Å². The van der Waals surface area contributed by atoms with Gasteiger partial charge >= 0.3 is 0 Å². The molecule has 14 rings (SSSR count). The lowest BCUT2D eigenvalue weighted by atomic mass is 9.95. The molecular weight excluding hydrogens is 851 g/mol. The number of aromatic nitrogens is 5. The molecule has 0 bridgehead atoms. The molecule has 3 aromatic heterocycles. The molecule has 0 N–H and O–H groups in total. The van der Waals surface area contributed by atoms with E-state index in [-0.39, 0.29) is 0 Å². The summed E-state index contributed by atoms with van der Waals surface area (Å²) in [5.41, 5.74) is 14.1. The van der Waals surface area contributed by atoms with E-state index in [0.717, 1.165) is 77.3 Å². The topological polar surface area (TPSA) is 48.5 Å². The Hall–Kier alpha value is -9.45. The molecule has 0 aliphatic carbocycles. The van der Waals surface area contributed by atoms with Crippen molar-refractivity contribution < 1.29 is 0 Å². The highest BCUT2D eigenvalue weighted by Crippen LogP contribution is 2.47. The number of benzene rings is 11. The number of rotatable bonds is 7. The smallest absolute Gasteiger partial charge is 0.238 e. The molecule has 0 radical (unpaired) electrons. The van der Waals surface area contributed by atoms with E-state index < -0.39 is 0 Å². The Morgan fingerprint density at radius 1 is 0.243 bits per heavy atom. The second kappa shape index (κ2) is 16.1. The minimum atomic E-state index is 0.556. The van der Waals surface area contributed by atoms with Crippen molar-refractivity contribution in [3.8, 4) is 67.8 Å². The lowest BCUT2D eigenvalue weighted by Gasteiger charge is -2.14. The Balaban J connectivity index is 1.12. The van der Waals surface area contributed by atoms with Gasteiger partial charge in [0.15, 0.2) is 11.6 Å². The molecule has 0 saturated carbocycles. The average Bonchev–Trinajstić information content (AvgIpc) is 3.98. The van der Waals surface area contributed by atoms with Crippen LogP contribution in [0.25, 0.3) is 133 Å². The Bertz CT molecular complexity index is 4270. The van der Waals surface area contributed by atoms with Gasteiger partial charge in [-0.3, -0.25) is 4.57 Å². The van der Waals surface area contributed by atoms with Crippen LogP contribution in [0.5, 0.6) is 0 Å². The van der Waals surface area contributed by atoms with E-state index in [0.29, 0.717) is 17.6 Å². The number of para-hydroxylation sites is 1. The van der Waals surface area contributed by atoms with Crippen molar-refractivity contribution in [1.82, 2.24) is 24.1 Å². The zero-order chi connectivity index (χ0) is 46.1. The molecule has 0 atom stereocenters. The molecule has 326 valence electrons. The van der Waals surface area contributed by atoms with Crippen molar-refractivity contribution >= 4 is 65.2 Å². The molecule has 3 heterocycles. The zero-order valence-corrected chi connectivity index (χ0v) is 37.9. The predicted octanol–water partition coefficient (Wildman–Crippen LogP) is 16.7. The van der Waals surface area contributed by atoms with Gasteiger partial charge in [-0.15, -0.1) is 0 Å². The number of hydrogen-bond donors (Lipinski definition) is 0. The SMILES string of the molecule is c1ccc(-c2cccc(-c3nc(-c4ccccc4)nc(-n4c5ccc6c(c7ccccc7n6-c6cc(-c7ccccc7)cc(-c7ccccc7)c6)c5c5c6ccccc6c6ccccc6c54)n3)c2)cc1. The van der Waals surface area contributed by atoms with Crippen molar-refractivity contribution in [1.29, 1.82) is 0 Å². The van der Waals surface area contributed by atoms with Gasteiger partial charge in [-0.25, -0.2) is 4.98 Å². The van der Waals surface area contributed by atoms with Gasteiger partial charge in [-0.1, -0.05) is 206 Å². The Labute approximate surface area is 403 Å². The number of fused-ring (bicyclic) bond motifs is 12. The van der Waals surface area contributed by atoms with Crippen LogP contribution in [0.2, 0.25) is 0 Å². The molecular formula is C65H41N5. The molecule has 5 heteroatoms. The van der Waals surface area contributed by atoms with E-state index in [4.69, 9.17) is 15.0 Å². The first-order valence-electron chi connectivity index (χ1n) is 23.8. The average molecular weight is 892 g/mol. The van der Waals surface area contributed by atoms with Gasteiger partial charge in [0.2, 0.25) is 5.95 Å². The van der Waals surface area contributed by atoms with Crippen LogP contribution in [0.15, 0.2) is 249 Å². The molecule has 0 saturated heterocycles. The second-order valence-electron chi connectivity index (χ2n) is 18.0. The Kier molecular flexibility index (Phi) is 9.14. The molecule has 0 aliphatic heterocycles. The third kappa shape index (κ3) is 6.36. The standard InChI is InChI=1S/C65H41N5/c1-5-20-42(21-6-1)46-28-19-29-47(38-46)64-66-63(45-26-11-4-12-27-45)67-65(68-64)70-58-37-36-57-59(61(58)60-53-32-15-13-30-51(53)52-31-14-16-33-54(52)62(60)70)55-34-17-18-35-56(55)69(57)50-40-48(43-22-7-2-8-23-43)39-49(41-50)44-24-9-3-10-25-44/h1-41H. The molecule has 70 heavy (non-hydrogen) atoms. The van der Waals surface area contributed by atoms with Crippen molar-refractivity contribution in [3.05, 3.63) is 249 Å². The van der Waals surface area contributed by atoms with E-state index in [9.17, 15) is 0 Å². The fourth-order valence-corrected chi connectivity index (χ4v) is 10.8. The van der Waals surface area contributed by atoms with Crippen molar-refractivity contribution in [2.75, 3.05) is 0 Å². The largest absolute Gasteiger partial charge is 0.309 e. The van der Waals surface area contributed by atoms with Crippen molar-refractivity contribution in [2.45, 2.75) is 0 Å². The normalized spacial score (nSPS) is 11.7. The van der Waals surface area contributed by atoms with Crippen LogP contribution in [0.3, 0.4) is 0 Å². The lowest BCUT2D eigenvalue weighted by Crippen LogP contribution is -2.06. The second-order valence-corrected chi connectivity index (χ2v) is 18.0. The van der Waals surface area contributed by atoms with Gasteiger partial charge in [-0.05, 0) is 92.0 Å². The Morgan fingerprint density at radius 2 is 0.686 bits per heavy atom. The molecule has 14 aromatic rings. The summed E-state index contributed by atoms with van der Waals surface area (Å²) in [7, 11) is 0. The highest BCUT2D eigenvalue weighted by Gasteiger charge is 2.26. The quantitative estimate of drug-likeness (QED) is 0.150. The maximum Gasteiger partial charge on any atom is 0.238 e. The van der Waals surface area contributed by atoms with Gasteiger partial charge in [0.1, 0.15) is 0 Å². The van der Waals surface area contributed by atoms with Gasteiger partial charge in [0.25, 0.3) is 0 Å². The zero-order valence-electron chi connectivity index (χ0n) is 37.9. The Morgan fingerprint density at radius 3 is 1.31 bits per heavy atom. The van der Waals surface area contributed by atoms with Crippen LogP contribution in [0, 0.1) is 0 Å². The first kappa shape index (κ1) is 39.7. The van der Waals surface area contributed by atoms with Crippen LogP contribution in [0.1, 0.15) is 0 Å². The van der Waals surface area contributed by atoms with Crippen molar-refractivity contribution in [2.24, 2.45) is 0 Å². The fourth-order valence-electron chi connectivity index (χ4n) is 10.8. The highest BCUT2D eigenvalue weighted by atomic mass is 15.2. The summed E-state index contributed by atoms with van der Waals surface area (Å²) in [6.45, 7) is 0. The van der Waals surface area contributed by atoms with Gasteiger partial charge < -0.3 is 4.57 Å². The van der Waals surface area contributed by atoms with Gasteiger partial charge in [-0.2, -0.15) is 9.97 Å². The molecule has 0 aliphatic rings. The summed E-state index contributed by atoms with van der Waals surface area (Å²) in [5, 5.41) is 9.34. The molecule has 0 fully saturated rings. The monoisotopic (exact) mass is 891 g/mol. The first-order chi connectivity index (χ1) is 34.7. The summed E-state index contributed by atoms with van der Waals surface area (Å²) in [6, 6.07) is 88.8. The van der Waals surface area contributed by atoms with E-state index in [1.54, 1.807) is 0 Å². The minimum Gasteiger partial charge on any atom is -0.309 e. The lowest BCUT2D eigenvalue weighted by molar-refractivity contribution is 0.955. The highest BCUT2D eigenvalue weighted by molar-refractivity contribution is 6.38. The van der Waals surface area contributed by atoms with E-state index in [2.05, 4.69) is 234 Å². The summed E-state index contributed by atoms with van der Waals surface area (Å²) in [6.07, 6.45) is 0. The first-order valence-corrected chi connectivity index (χ1v) is 23.8. The summed E-state index contributed by atoms with van der Waals surface area (Å²) < 4.78 is 4.77. The molecule has 0 spiro atoms. The molecule has 0 unspecified atom stereocenters. The number of hydrogen-bond acceptors (Lipinski definition) is 3. The summed E-state index contributed by atoms with van der Waals surface area (Å²) >= 11 is 0. The molecule has 0 amide bonds. The summed E-state index contributed by atoms with van der Waals surface area (Å²) in [4.78, 5) is 16.2. The maximum absolute atomic E-state index is 5.50. The third-order valence-corrected chi connectivity index (χ3v) is 13.9. The molecule has 5 nitrogen and oxygen atoms in total. The van der Waals surface area contributed by atoms with Crippen LogP contribution < -0.4 is 0 Å². The van der Waals surface area contributed by atoms with Crippen LogP contribution in [-0.4, -0.2) is 24.1 Å². The van der Waals surface area contributed by atoms with Crippen LogP contribution in [0.4, 0.5) is 0 Å². The van der Waals surface area contributed by atoms with Gasteiger partial charge in [0.05, 0.1) is 22.1 Å². The number of nitrogens with zero attached hydrogens (tertiary/aromatic N) is 5. The van der Waals surface area contributed by atoms with Crippen molar-refractivity contribution in [3.63, 3.8) is 0 Å². The fraction of sp³-hybridized carbons (Fsp3) is 0. The van der Waals surface area contributed by atoms with E-state index in [1.165, 1.54) is 38.1 Å². The summed E-state index contributed by atoms with van der Waals surface area (Å²) in [5.74, 6) is 1.77. The minimum absolute atomic E-state index is 0.556.